The third kappa shape index (κ3) is 4.73. The first-order chi connectivity index (χ1) is 12.1. The highest BCUT2D eigenvalue weighted by Gasteiger charge is 2.36. The molecule has 25 heavy (non-hydrogen) atoms. The Bertz CT molecular complexity index is 575. The minimum Gasteiger partial charge on any atom is -0.369 e. The molecule has 1 aliphatic heterocycles. The summed E-state index contributed by atoms with van der Waals surface area (Å²) in [7, 11) is 0. The van der Waals surface area contributed by atoms with Gasteiger partial charge in [-0.2, -0.15) is 0 Å². The van der Waals surface area contributed by atoms with E-state index in [0.717, 1.165) is 71.4 Å². The minimum atomic E-state index is -0.598. The molecular formula is C20H32N4O. The first-order valence-corrected chi connectivity index (χ1v) is 9.68. The van der Waals surface area contributed by atoms with Crippen LogP contribution in [0, 0.1) is 6.92 Å². The van der Waals surface area contributed by atoms with Gasteiger partial charge in [0.2, 0.25) is 5.91 Å². The number of rotatable bonds is 6. The van der Waals surface area contributed by atoms with Crippen molar-refractivity contribution >= 4 is 11.6 Å². The summed E-state index contributed by atoms with van der Waals surface area (Å²) < 4.78 is 0. The quantitative estimate of drug-likeness (QED) is 0.774. The average Bonchev–Trinajstić information content (AvgIpc) is 3.07. The molecule has 1 amide bonds. The van der Waals surface area contributed by atoms with Crippen molar-refractivity contribution in [3.05, 3.63) is 29.8 Å². The normalized spacial score (nSPS) is 20.6. The highest BCUT2D eigenvalue weighted by molar-refractivity contribution is 5.86. The Kier molecular flexibility index (Phi) is 5.97. The van der Waals surface area contributed by atoms with Crippen molar-refractivity contribution in [3.8, 4) is 0 Å². The largest absolute Gasteiger partial charge is 0.369 e. The second-order valence-electron chi connectivity index (χ2n) is 7.64. The van der Waals surface area contributed by atoms with Crippen LogP contribution in [0.2, 0.25) is 0 Å². The standard InChI is InChI=1S/C20H32N4O/c1-17-6-4-7-18(16-17)24-14-12-23(13-15-24)11-5-10-22-19(25)20(21)8-2-3-9-20/h4,6-7,16H,2-3,5,8-15,21H2,1H3,(H,22,25). The minimum absolute atomic E-state index is 0.0502. The first kappa shape index (κ1) is 18.2. The number of nitrogens with one attached hydrogen (secondary N) is 1. The lowest BCUT2D eigenvalue weighted by Gasteiger charge is -2.36. The molecule has 3 rings (SSSR count). The van der Waals surface area contributed by atoms with Crippen molar-refractivity contribution in [1.29, 1.82) is 0 Å². The van der Waals surface area contributed by atoms with Crippen LogP contribution < -0.4 is 16.0 Å². The predicted molar refractivity (Wildman–Crippen MR) is 103 cm³/mol. The van der Waals surface area contributed by atoms with E-state index in [0.29, 0.717) is 0 Å². The highest BCUT2D eigenvalue weighted by atomic mass is 16.2. The third-order valence-corrected chi connectivity index (χ3v) is 5.62. The molecule has 138 valence electrons. The van der Waals surface area contributed by atoms with E-state index in [2.05, 4.69) is 46.3 Å². The van der Waals surface area contributed by atoms with E-state index < -0.39 is 5.54 Å². The molecule has 1 saturated heterocycles. The van der Waals surface area contributed by atoms with Gasteiger partial charge in [-0.1, -0.05) is 25.0 Å². The van der Waals surface area contributed by atoms with E-state index in [-0.39, 0.29) is 5.91 Å². The summed E-state index contributed by atoms with van der Waals surface area (Å²) in [5.41, 5.74) is 8.23. The topological polar surface area (TPSA) is 61.6 Å². The van der Waals surface area contributed by atoms with Crippen LogP contribution in [0.4, 0.5) is 5.69 Å². The number of carbonyl (C=O) groups excluding carboxylic acids is 1. The van der Waals surface area contributed by atoms with Crippen molar-refractivity contribution in [2.24, 2.45) is 5.73 Å². The molecule has 0 unspecified atom stereocenters. The van der Waals surface area contributed by atoms with Gasteiger partial charge in [-0.05, 0) is 50.4 Å². The lowest BCUT2D eigenvalue weighted by molar-refractivity contribution is -0.126. The summed E-state index contributed by atoms with van der Waals surface area (Å²) in [5.74, 6) is 0.0502. The summed E-state index contributed by atoms with van der Waals surface area (Å²) in [6.45, 7) is 8.23. The van der Waals surface area contributed by atoms with Gasteiger partial charge in [-0.15, -0.1) is 0 Å². The summed E-state index contributed by atoms with van der Waals surface area (Å²) in [4.78, 5) is 17.1. The molecule has 2 aliphatic rings. The van der Waals surface area contributed by atoms with E-state index in [1.807, 2.05) is 0 Å². The van der Waals surface area contributed by atoms with Gasteiger partial charge in [-0.25, -0.2) is 0 Å². The van der Waals surface area contributed by atoms with Crippen LogP contribution in [0.15, 0.2) is 24.3 Å². The number of piperazine rings is 1. The van der Waals surface area contributed by atoms with Gasteiger partial charge >= 0.3 is 0 Å². The molecule has 0 atom stereocenters. The monoisotopic (exact) mass is 344 g/mol. The Morgan fingerprint density at radius 2 is 1.92 bits per heavy atom. The molecule has 1 heterocycles. The Labute approximate surface area is 151 Å². The summed E-state index contributed by atoms with van der Waals surface area (Å²) in [6.07, 6.45) is 4.82. The van der Waals surface area contributed by atoms with E-state index in [1.165, 1.54) is 11.3 Å². The van der Waals surface area contributed by atoms with E-state index in [4.69, 9.17) is 5.73 Å². The molecule has 3 N–H and O–H groups in total. The number of anilines is 1. The number of nitrogens with two attached hydrogens (primary N) is 1. The van der Waals surface area contributed by atoms with E-state index >= 15 is 0 Å². The number of carbonyl (C=O) groups is 1. The Hall–Kier alpha value is -1.59. The average molecular weight is 345 g/mol. The third-order valence-electron chi connectivity index (χ3n) is 5.62. The fraction of sp³-hybridized carbons (Fsp3) is 0.650. The van der Waals surface area contributed by atoms with Crippen molar-refractivity contribution < 1.29 is 4.79 Å². The van der Waals surface area contributed by atoms with Crippen LogP contribution in [0.5, 0.6) is 0 Å². The molecule has 1 aromatic rings. The fourth-order valence-electron chi connectivity index (χ4n) is 3.97. The Morgan fingerprint density at radius 3 is 2.60 bits per heavy atom. The molecule has 5 heteroatoms. The second-order valence-corrected chi connectivity index (χ2v) is 7.64. The van der Waals surface area contributed by atoms with Crippen molar-refractivity contribution in [2.45, 2.75) is 44.6 Å². The number of aryl methyl sites for hydroxylation is 1. The summed E-state index contributed by atoms with van der Waals surface area (Å²) in [5, 5.41) is 3.04. The fourth-order valence-corrected chi connectivity index (χ4v) is 3.97. The molecule has 0 aromatic heterocycles. The number of nitrogens with zero attached hydrogens (tertiary/aromatic N) is 2. The van der Waals surface area contributed by atoms with Gasteiger partial charge < -0.3 is 16.0 Å². The first-order valence-electron chi connectivity index (χ1n) is 9.68. The smallest absolute Gasteiger partial charge is 0.240 e. The van der Waals surface area contributed by atoms with Crippen LogP contribution in [-0.2, 0) is 4.79 Å². The van der Waals surface area contributed by atoms with Crippen LogP contribution in [0.3, 0.4) is 0 Å². The molecule has 0 spiro atoms. The molecule has 1 aromatic carbocycles. The molecule has 0 radical (unpaired) electrons. The molecule has 2 fully saturated rings. The van der Waals surface area contributed by atoms with Crippen LogP contribution >= 0.6 is 0 Å². The zero-order valence-corrected chi connectivity index (χ0v) is 15.5. The number of amides is 1. The summed E-state index contributed by atoms with van der Waals surface area (Å²) >= 11 is 0. The predicted octanol–water partition coefficient (Wildman–Crippen LogP) is 1.89. The van der Waals surface area contributed by atoms with Gasteiger partial charge in [0, 0.05) is 38.4 Å². The van der Waals surface area contributed by atoms with Crippen LogP contribution in [0.25, 0.3) is 0 Å². The Balaban J connectivity index is 1.33. The molecular weight excluding hydrogens is 312 g/mol. The zero-order chi connectivity index (χ0) is 17.7. The van der Waals surface area contributed by atoms with E-state index in [9.17, 15) is 4.79 Å². The second kappa shape index (κ2) is 8.19. The van der Waals surface area contributed by atoms with Gasteiger partial charge in [-0.3, -0.25) is 9.69 Å². The molecule has 1 aliphatic carbocycles. The van der Waals surface area contributed by atoms with Gasteiger partial charge in [0.15, 0.2) is 0 Å². The van der Waals surface area contributed by atoms with Gasteiger partial charge in [0.05, 0.1) is 5.54 Å². The molecule has 1 saturated carbocycles. The number of hydrogen-bond donors (Lipinski definition) is 2. The van der Waals surface area contributed by atoms with Crippen molar-refractivity contribution in [2.75, 3.05) is 44.2 Å². The maximum atomic E-state index is 12.2. The maximum Gasteiger partial charge on any atom is 0.240 e. The highest BCUT2D eigenvalue weighted by Crippen LogP contribution is 2.27. The van der Waals surface area contributed by atoms with Crippen molar-refractivity contribution in [1.82, 2.24) is 10.2 Å². The molecule has 0 bridgehead atoms. The zero-order valence-electron chi connectivity index (χ0n) is 15.5. The SMILES string of the molecule is Cc1cccc(N2CCN(CCCNC(=O)C3(N)CCCC3)CC2)c1. The van der Waals surface area contributed by atoms with Crippen LogP contribution in [-0.4, -0.2) is 55.6 Å². The lowest BCUT2D eigenvalue weighted by Crippen LogP contribution is -2.52. The van der Waals surface area contributed by atoms with Gasteiger partial charge in [0.1, 0.15) is 0 Å². The lowest BCUT2D eigenvalue weighted by atomic mass is 9.98. The van der Waals surface area contributed by atoms with E-state index in [1.54, 1.807) is 0 Å². The summed E-state index contributed by atoms with van der Waals surface area (Å²) in [6, 6.07) is 8.74. The van der Waals surface area contributed by atoms with Crippen LogP contribution in [0.1, 0.15) is 37.7 Å². The Morgan fingerprint density at radius 1 is 1.20 bits per heavy atom. The van der Waals surface area contributed by atoms with Gasteiger partial charge in [0.25, 0.3) is 0 Å². The van der Waals surface area contributed by atoms with Crippen molar-refractivity contribution in [3.63, 3.8) is 0 Å². The maximum absolute atomic E-state index is 12.2. The number of benzene rings is 1. The molecule has 5 nitrogen and oxygen atoms in total. The number of hydrogen-bond acceptors (Lipinski definition) is 4.